The van der Waals surface area contributed by atoms with Gasteiger partial charge in [0, 0.05) is 22.4 Å². The van der Waals surface area contributed by atoms with Gasteiger partial charge in [0.15, 0.2) is 0 Å². The minimum Gasteiger partial charge on any atom is -0.497 e. The lowest BCUT2D eigenvalue weighted by Gasteiger charge is -2.06. The summed E-state index contributed by atoms with van der Waals surface area (Å²) in [5.74, 6) is 1.05. The molecule has 6 heteroatoms. The van der Waals surface area contributed by atoms with Gasteiger partial charge in [0.2, 0.25) is 5.91 Å². The van der Waals surface area contributed by atoms with Crippen molar-refractivity contribution in [3.05, 3.63) is 90.1 Å². The van der Waals surface area contributed by atoms with Gasteiger partial charge in [-0.05, 0) is 60.2 Å². The standard InChI is InChI=1S/C27H22N4O2/c1-16-4-3-5-23(29-16)25-24(21-11-10-20-15-22(33-2)13-12-19(20)14-21)30-27(31-25)18-8-6-17(7-9-18)26(28)32/h3-15H,1-2H3,(H2,28,32)(H,30,31). The number of benzene rings is 3. The van der Waals surface area contributed by atoms with Gasteiger partial charge in [-0.25, -0.2) is 4.98 Å². The van der Waals surface area contributed by atoms with Crippen LogP contribution in [0.4, 0.5) is 0 Å². The molecule has 0 unspecified atom stereocenters. The van der Waals surface area contributed by atoms with Crippen molar-refractivity contribution in [2.24, 2.45) is 5.73 Å². The van der Waals surface area contributed by atoms with Crippen molar-refractivity contribution in [1.29, 1.82) is 0 Å². The summed E-state index contributed by atoms with van der Waals surface area (Å²) in [5.41, 5.74) is 11.0. The maximum absolute atomic E-state index is 11.4. The number of fused-ring (bicyclic) bond motifs is 1. The number of nitrogens with zero attached hydrogens (tertiary/aromatic N) is 2. The van der Waals surface area contributed by atoms with Crippen LogP contribution < -0.4 is 10.5 Å². The van der Waals surface area contributed by atoms with Crippen molar-refractivity contribution >= 4 is 16.7 Å². The number of aromatic amines is 1. The molecule has 0 atom stereocenters. The number of nitrogens with one attached hydrogen (secondary N) is 1. The summed E-state index contributed by atoms with van der Waals surface area (Å²) < 4.78 is 5.35. The number of carbonyl (C=O) groups excluding carboxylic acids is 1. The summed E-state index contributed by atoms with van der Waals surface area (Å²) in [5, 5.41) is 2.18. The van der Waals surface area contributed by atoms with E-state index < -0.39 is 5.91 Å². The van der Waals surface area contributed by atoms with Gasteiger partial charge < -0.3 is 15.5 Å². The van der Waals surface area contributed by atoms with Crippen molar-refractivity contribution in [2.75, 3.05) is 7.11 Å². The number of aryl methyl sites for hydroxylation is 1. The molecule has 0 spiro atoms. The number of nitrogens with two attached hydrogens (primary N) is 1. The predicted molar refractivity (Wildman–Crippen MR) is 130 cm³/mol. The van der Waals surface area contributed by atoms with Crippen molar-refractivity contribution < 1.29 is 9.53 Å². The highest BCUT2D eigenvalue weighted by Crippen LogP contribution is 2.34. The number of ether oxygens (including phenoxy) is 1. The zero-order chi connectivity index (χ0) is 22.9. The highest BCUT2D eigenvalue weighted by molar-refractivity contribution is 5.93. The number of H-pyrrole nitrogens is 1. The molecule has 0 bridgehead atoms. The van der Waals surface area contributed by atoms with Gasteiger partial charge in [0.1, 0.15) is 11.6 Å². The number of hydrogen-bond acceptors (Lipinski definition) is 4. The SMILES string of the molecule is COc1ccc2cc(-c3nc(-c4ccc(C(N)=O)cc4)[nH]c3-c3cccc(C)n3)ccc2c1. The summed E-state index contributed by atoms with van der Waals surface area (Å²) >= 11 is 0. The Hall–Kier alpha value is -4.45. The Morgan fingerprint density at radius 2 is 1.61 bits per heavy atom. The van der Waals surface area contributed by atoms with Gasteiger partial charge in [0.25, 0.3) is 0 Å². The summed E-state index contributed by atoms with van der Waals surface area (Å²) in [4.78, 5) is 24.5. The second-order valence-electron chi connectivity index (χ2n) is 7.84. The van der Waals surface area contributed by atoms with Crippen LogP contribution in [0, 0.1) is 6.92 Å². The van der Waals surface area contributed by atoms with E-state index in [0.29, 0.717) is 11.4 Å². The van der Waals surface area contributed by atoms with E-state index >= 15 is 0 Å². The van der Waals surface area contributed by atoms with Gasteiger partial charge >= 0.3 is 0 Å². The summed E-state index contributed by atoms with van der Waals surface area (Å²) in [6, 6.07) is 25.2. The molecule has 0 radical (unpaired) electrons. The Balaban J connectivity index is 1.66. The summed E-state index contributed by atoms with van der Waals surface area (Å²) in [6.07, 6.45) is 0. The normalized spacial score (nSPS) is 11.0. The molecule has 3 N–H and O–H groups in total. The first kappa shape index (κ1) is 20.5. The molecule has 0 saturated heterocycles. The maximum Gasteiger partial charge on any atom is 0.248 e. The first-order valence-electron chi connectivity index (χ1n) is 10.5. The van der Waals surface area contributed by atoms with Crippen molar-refractivity contribution in [1.82, 2.24) is 15.0 Å². The third-order valence-corrected chi connectivity index (χ3v) is 5.61. The summed E-state index contributed by atoms with van der Waals surface area (Å²) in [6.45, 7) is 1.96. The van der Waals surface area contributed by atoms with E-state index in [1.807, 2.05) is 55.5 Å². The highest BCUT2D eigenvalue weighted by Gasteiger charge is 2.17. The van der Waals surface area contributed by atoms with E-state index in [4.69, 9.17) is 20.4 Å². The van der Waals surface area contributed by atoms with Gasteiger partial charge in [0.05, 0.1) is 24.2 Å². The van der Waals surface area contributed by atoms with Crippen molar-refractivity contribution in [3.8, 4) is 39.8 Å². The van der Waals surface area contributed by atoms with Gasteiger partial charge in [-0.3, -0.25) is 9.78 Å². The maximum atomic E-state index is 11.4. The van der Waals surface area contributed by atoms with E-state index in [-0.39, 0.29) is 0 Å². The van der Waals surface area contributed by atoms with E-state index in [1.165, 1.54) is 0 Å². The number of amides is 1. The Kier molecular flexibility index (Phi) is 5.11. The predicted octanol–water partition coefficient (Wildman–Crippen LogP) is 5.37. The van der Waals surface area contributed by atoms with Crippen LogP contribution in [0.2, 0.25) is 0 Å². The first-order valence-corrected chi connectivity index (χ1v) is 10.5. The number of primary amides is 1. The Labute approximate surface area is 191 Å². The molecule has 0 aliphatic heterocycles. The van der Waals surface area contributed by atoms with Crippen LogP contribution in [0.3, 0.4) is 0 Å². The molecule has 33 heavy (non-hydrogen) atoms. The lowest BCUT2D eigenvalue weighted by molar-refractivity contribution is 0.100. The van der Waals surface area contributed by atoms with Gasteiger partial charge in [-0.2, -0.15) is 0 Å². The number of rotatable bonds is 5. The molecule has 2 heterocycles. The average molecular weight is 434 g/mol. The smallest absolute Gasteiger partial charge is 0.248 e. The van der Waals surface area contributed by atoms with E-state index in [0.717, 1.165) is 50.4 Å². The Bertz CT molecular complexity index is 1490. The largest absolute Gasteiger partial charge is 0.497 e. The zero-order valence-corrected chi connectivity index (χ0v) is 18.3. The van der Waals surface area contributed by atoms with E-state index in [1.54, 1.807) is 19.2 Å². The van der Waals surface area contributed by atoms with Crippen LogP contribution in [0.1, 0.15) is 16.1 Å². The zero-order valence-electron chi connectivity index (χ0n) is 18.3. The molecule has 3 aromatic carbocycles. The van der Waals surface area contributed by atoms with Crippen molar-refractivity contribution in [2.45, 2.75) is 6.92 Å². The van der Waals surface area contributed by atoms with E-state index in [2.05, 4.69) is 23.2 Å². The molecular formula is C27H22N4O2. The molecular weight excluding hydrogens is 412 g/mol. The molecule has 1 amide bonds. The fourth-order valence-corrected chi connectivity index (χ4v) is 3.88. The molecule has 6 nitrogen and oxygen atoms in total. The van der Waals surface area contributed by atoms with Crippen LogP contribution in [0.5, 0.6) is 5.75 Å². The minimum atomic E-state index is -0.459. The molecule has 5 aromatic rings. The number of hydrogen-bond donors (Lipinski definition) is 2. The topological polar surface area (TPSA) is 93.9 Å². The van der Waals surface area contributed by atoms with Gasteiger partial charge in [-0.1, -0.05) is 36.4 Å². The average Bonchev–Trinajstić information content (AvgIpc) is 3.29. The number of methoxy groups -OCH3 is 1. The lowest BCUT2D eigenvalue weighted by Crippen LogP contribution is -2.10. The lowest BCUT2D eigenvalue weighted by atomic mass is 10.0. The van der Waals surface area contributed by atoms with Crippen LogP contribution >= 0.6 is 0 Å². The Morgan fingerprint density at radius 1 is 0.879 bits per heavy atom. The minimum absolute atomic E-state index is 0.455. The second-order valence-corrected chi connectivity index (χ2v) is 7.84. The van der Waals surface area contributed by atoms with Crippen molar-refractivity contribution in [3.63, 3.8) is 0 Å². The second kappa shape index (κ2) is 8.24. The third-order valence-electron chi connectivity index (χ3n) is 5.61. The van der Waals surface area contributed by atoms with Gasteiger partial charge in [-0.15, -0.1) is 0 Å². The molecule has 0 fully saturated rings. The Morgan fingerprint density at radius 3 is 2.33 bits per heavy atom. The fourth-order valence-electron chi connectivity index (χ4n) is 3.88. The number of aromatic nitrogens is 3. The first-order chi connectivity index (χ1) is 16.0. The number of imidazole rings is 1. The molecule has 0 saturated carbocycles. The van der Waals surface area contributed by atoms with Crippen LogP contribution in [0.25, 0.3) is 44.8 Å². The highest BCUT2D eigenvalue weighted by atomic mass is 16.5. The van der Waals surface area contributed by atoms with Crippen LogP contribution in [-0.4, -0.2) is 28.0 Å². The molecule has 162 valence electrons. The van der Waals surface area contributed by atoms with Crippen LogP contribution in [0.15, 0.2) is 78.9 Å². The number of pyridine rings is 1. The van der Waals surface area contributed by atoms with E-state index in [9.17, 15) is 4.79 Å². The quantitative estimate of drug-likeness (QED) is 0.389. The van der Waals surface area contributed by atoms with Crippen LogP contribution in [-0.2, 0) is 0 Å². The molecule has 5 rings (SSSR count). The molecule has 2 aromatic heterocycles. The fraction of sp³-hybridized carbons (Fsp3) is 0.0741. The molecule has 0 aliphatic rings. The molecule has 0 aliphatic carbocycles. The monoisotopic (exact) mass is 434 g/mol. The number of carbonyl (C=O) groups is 1. The third kappa shape index (κ3) is 3.94. The summed E-state index contributed by atoms with van der Waals surface area (Å²) in [7, 11) is 1.66.